The first kappa shape index (κ1) is 30.5. The highest BCUT2D eigenvalue weighted by molar-refractivity contribution is 5.95. The van der Waals surface area contributed by atoms with Crippen LogP contribution in [0.2, 0.25) is 0 Å². The minimum atomic E-state index is -0.873. The van der Waals surface area contributed by atoms with E-state index in [-0.39, 0.29) is 48.6 Å². The van der Waals surface area contributed by atoms with Crippen molar-refractivity contribution in [2.45, 2.75) is 77.0 Å². The minimum absolute atomic E-state index is 0.0973. The molecule has 4 rings (SSSR count). The Labute approximate surface area is 241 Å². The largest absolute Gasteiger partial charge is 0.381 e. The summed E-state index contributed by atoms with van der Waals surface area (Å²) in [6.45, 7) is 6.49. The van der Waals surface area contributed by atoms with Gasteiger partial charge in [-0.25, -0.2) is 0 Å². The fourth-order valence-electron chi connectivity index (χ4n) is 5.91. The molecule has 3 saturated heterocycles. The zero-order valence-electron chi connectivity index (χ0n) is 24.3. The molecular weight excluding hydrogens is 526 g/mol. The summed E-state index contributed by atoms with van der Waals surface area (Å²) in [5.74, 6) is -2.26. The Kier molecular flexibility index (Phi) is 10.4. The molecule has 0 aromatic heterocycles. The highest BCUT2D eigenvalue weighted by atomic mass is 16.5. The Hall–Kier alpha value is -3.47. The van der Waals surface area contributed by atoms with E-state index in [0.717, 1.165) is 5.56 Å². The van der Waals surface area contributed by atoms with Gasteiger partial charge in [-0.2, -0.15) is 0 Å². The quantitative estimate of drug-likeness (QED) is 0.486. The molecule has 11 nitrogen and oxygen atoms in total. The molecule has 3 fully saturated rings. The van der Waals surface area contributed by atoms with E-state index in [4.69, 9.17) is 4.74 Å². The first-order chi connectivity index (χ1) is 19.6. The molecular formula is C30H43N5O6. The summed E-state index contributed by atoms with van der Waals surface area (Å²) in [5.41, 5.74) is 0.963. The van der Waals surface area contributed by atoms with Gasteiger partial charge in [-0.15, -0.1) is 0 Å². The SMILES string of the molecule is CC(C)[C@@H]1NC(=O)[C@H]2CCCN2C(=O)[C@H](C)NC(=O)CN(C(=O)C2CCOCC2)C[C@H](Cc2ccccc2)NC1=O. The molecule has 0 spiro atoms. The highest BCUT2D eigenvalue weighted by Gasteiger charge is 2.39. The monoisotopic (exact) mass is 569 g/mol. The van der Waals surface area contributed by atoms with Gasteiger partial charge in [0.1, 0.15) is 18.1 Å². The Morgan fingerprint density at radius 1 is 0.976 bits per heavy atom. The fourth-order valence-corrected chi connectivity index (χ4v) is 5.91. The maximum Gasteiger partial charge on any atom is 0.245 e. The Morgan fingerprint density at radius 3 is 2.37 bits per heavy atom. The van der Waals surface area contributed by atoms with E-state index in [2.05, 4.69) is 16.0 Å². The highest BCUT2D eigenvalue weighted by Crippen LogP contribution is 2.21. The van der Waals surface area contributed by atoms with Crippen LogP contribution in [0.15, 0.2) is 30.3 Å². The summed E-state index contributed by atoms with van der Waals surface area (Å²) in [5, 5.41) is 8.72. The number of benzene rings is 1. The number of rotatable bonds is 4. The average Bonchev–Trinajstić information content (AvgIpc) is 3.45. The molecule has 3 heterocycles. The van der Waals surface area contributed by atoms with E-state index in [1.165, 1.54) is 9.80 Å². The first-order valence-corrected chi connectivity index (χ1v) is 14.7. The van der Waals surface area contributed by atoms with Gasteiger partial charge in [0, 0.05) is 32.2 Å². The van der Waals surface area contributed by atoms with Crippen molar-refractivity contribution in [3.05, 3.63) is 35.9 Å². The molecule has 3 aliphatic heterocycles. The molecule has 0 bridgehead atoms. The van der Waals surface area contributed by atoms with Crippen LogP contribution >= 0.6 is 0 Å². The molecule has 224 valence electrons. The third-order valence-corrected chi connectivity index (χ3v) is 8.16. The van der Waals surface area contributed by atoms with Crippen molar-refractivity contribution in [2.24, 2.45) is 11.8 Å². The predicted octanol–water partition coefficient (Wildman–Crippen LogP) is 0.619. The molecule has 1 aromatic carbocycles. The fraction of sp³-hybridized carbons (Fsp3) is 0.633. The lowest BCUT2D eigenvalue weighted by Gasteiger charge is -2.33. The van der Waals surface area contributed by atoms with Crippen LogP contribution in [0.4, 0.5) is 0 Å². The molecule has 4 atom stereocenters. The Balaban J connectivity index is 1.68. The van der Waals surface area contributed by atoms with Gasteiger partial charge in [0.15, 0.2) is 0 Å². The summed E-state index contributed by atoms with van der Waals surface area (Å²) in [6.07, 6.45) is 2.67. The zero-order chi connectivity index (χ0) is 29.5. The number of hydrogen-bond donors (Lipinski definition) is 3. The lowest BCUT2D eigenvalue weighted by atomic mass is 9.97. The number of nitrogens with one attached hydrogen (secondary N) is 3. The molecule has 0 saturated carbocycles. The van der Waals surface area contributed by atoms with Crippen LogP contribution < -0.4 is 16.0 Å². The normalized spacial score (nSPS) is 27.4. The van der Waals surface area contributed by atoms with Crippen molar-refractivity contribution in [1.82, 2.24) is 25.8 Å². The van der Waals surface area contributed by atoms with Gasteiger partial charge in [0.25, 0.3) is 0 Å². The van der Waals surface area contributed by atoms with Crippen molar-refractivity contribution in [3.8, 4) is 0 Å². The summed E-state index contributed by atoms with van der Waals surface area (Å²) in [4.78, 5) is 70.3. The number of amides is 5. The lowest BCUT2D eigenvalue weighted by Crippen LogP contribution is -2.58. The average molecular weight is 570 g/mol. The van der Waals surface area contributed by atoms with E-state index in [1.807, 2.05) is 44.2 Å². The van der Waals surface area contributed by atoms with Crippen LogP contribution in [0.1, 0.15) is 52.0 Å². The molecule has 11 heteroatoms. The molecule has 0 aliphatic carbocycles. The van der Waals surface area contributed by atoms with Gasteiger partial charge in [-0.05, 0) is 50.5 Å². The number of nitrogens with zero attached hydrogens (tertiary/aromatic N) is 2. The van der Waals surface area contributed by atoms with E-state index in [9.17, 15) is 24.0 Å². The van der Waals surface area contributed by atoms with Gasteiger partial charge < -0.3 is 30.5 Å². The second-order valence-corrected chi connectivity index (χ2v) is 11.7. The van der Waals surface area contributed by atoms with Gasteiger partial charge >= 0.3 is 0 Å². The van der Waals surface area contributed by atoms with E-state index < -0.39 is 30.1 Å². The topological polar surface area (TPSA) is 137 Å². The summed E-state index contributed by atoms with van der Waals surface area (Å²) >= 11 is 0. The van der Waals surface area contributed by atoms with Crippen molar-refractivity contribution in [3.63, 3.8) is 0 Å². The van der Waals surface area contributed by atoms with Crippen LogP contribution in [0.5, 0.6) is 0 Å². The molecule has 3 aliphatic rings. The van der Waals surface area contributed by atoms with Gasteiger partial charge in [-0.3, -0.25) is 24.0 Å². The second-order valence-electron chi connectivity index (χ2n) is 11.7. The van der Waals surface area contributed by atoms with Crippen molar-refractivity contribution < 1.29 is 28.7 Å². The predicted molar refractivity (Wildman–Crippen MR) is 151 cm³/mol. The molecule has 3 N–H and O–H groups in total. The minimum Gasteiger partial charge on any atom is -0.381 e. The number of carbonyl (C=O) groups is 5. The van der Waals surface area contributed by atoms with E-state index in [0.29, 0.717) is 51.9 Å². The van der Waals surface area contributed by atoms with E-state index in [1.54, 1.807) is 6.92 Å². The standard InChI is InChI=1S/C30H43N5O6/c1-19(2)26-28(38)32-23(16-21-8-5-4-6-9-21)17-34(30(40)22-11-14-41-15-12-22)18-25(36)31-20(3)29(39)35-13-7-10-24(35)27(37)33-26/h4-6,8-9,19-20,22-24,26H,7,10-18H2,1-3H3,(H,31,36)(H,32,38)(H,33,37)/t20-,23-,24+,26-/m0/s1. The van der Waals surface area contributed by atoms with Crippen LogP contribution in [-0.4, -0.2) is 96.4 Å². The number of fused-ring (bicyclic) bond motifs is 1. The maximum atomic E-state index is 13.7. The van der Waals surface area contributed by atoms with Crippen LogP contribution in [-0.2, 0) is 35.1 Å². The van der Waals surface area contributed by atoms with Crippen molar-refractivity contribution in [1.29, 1.82) is 0 Å². The number of hydrogen-bond acceptors (Lipinski definition) is 6. The summed E-state index contributed by atoms with van der Waals surface area (Å²) in [7, 11) is 0. The maximum absolute atomic E-state index is 13.7. The molecule has 0 unspecified atom stereocenters. The Morgan fingerprint density at radius 2 is 1.68 bits per heavy atom. The molecule has 5 amide bonds. The summed E-state index contributed by atoms with van der Waals surface area (Å²) in [6, 6.07) is 6.67. The lowest BCUT2D eigenvalue weighted by molar-refractivity contribution is -0.144. The van der Waals surface area contributed by atoms with Crippen LogP contribution in [0.3, 0.4) is 0 Å². The smallest absolute Gasteiger partial charge is 0.245 e. The van der Waals surface area contributed by atoms with Gasteiger partial charge in [0.2, 0.25) is 29.5 Å². The molecule has 0 radical (unpaired) electrons. The molecule has 41 heavy (non-hydrogen) atoms. The number of ether oxygens (including phenoxy) is 1. The van der Waals surface area contributed by atoms with E-state index >= 15 is 0 Å². The van der Waals surface area contributed by atoms with Crippen molar-refractivity contribution >= 4 is 29.5 Å². The first-order valence-electron chi connectivity index (χ1n) is 14.7. The van der Waals surface area contributed by atoms with Crippen LogP contribution in [0.25, 0.3) is 0 Å². The number of carbonyl (C=O) groups excluding carboxylic acids is 5. The third-order valence-electron chi connectivity index (χ3n) is 8.16. The zero-order valence-corrected chi connectivity index (χ0v) is 24.3. The van der Waals surface area contributed by atoms with Gasteiger partial charge in [-0.1, -0.05) is 44.2 Å². The third kappa shape index (κ3) is 7.84. The summed E-state index contributed by atoms with van der Waals surface area (Å²) < 4.78 is 5.44. The van der Waals surface area contributed by atoms with Crippen molar-refractivity contribution in [2.75, 3.05) is 32.8 Å². The Bertz CT molecular complexity index is 1110. The second kappa shape index (κ2) is 13.9. The molecule has 1 aromatic rings. The van der Waals surface area contributed by atoms with Crippen LogP contribution in [0, 0.1) is 11.8 Å². The van der Waals surface area contributed by atoms with Gasteiger partial charge in [0.05, 0.1) is 12.6 Å².